The molecule has 0 fully saturated rings. The number of benzene rings is 2. The van der Waals surface area contributed by atoms with Crippen molar-refractivity contribution in [3.05, 3.63) is 64.7 Å². The Hall–Kier alpha value is -1.25. The van der Waals surface area contributed by atoms with Gasteiger partial charge in [0.05, 0.1) is 0 Å². The minimum atomic E-state index is 0.117. The van der Waals surface area contributed by atoms with Crippen molar-refractivity contribution in [1.82, 2.24) is 0 Å². The van der Waals surface area contributed by atoms with E-state index in [-0.39, 0.29) is 5.78 Å². The summed E-state index contributed by atoms with van der Waals surface area (Å²) in [6.45, 7) is 0. The van der Waals surface area contributed by atoms with Gasteiger partial charge in [0.25, 0.3) is 0 Å². The Labute approximate surface area is 115 Å². The van der Waals surface area contributed by atoms with E-state index in [2.05, 4.69) is 0 Å². The first-order valence-corrected chi connectivity index (χ1v) is 7.26. The van der Waals surface area contributed by atoms with Crippen molar-refractivity contribution < 1.29 is 4.79 Å². The van der Waals surface area contributed by atoms with Crippen LogP contribution in [0, 0.1) is 0 Å². The summed E-state index contributed by atoms with van der Waals surface area (Å²) in [6.07, 6.45) is 0. The average molecular weight is 275 g/mol. The molecule has 3 rings (SSSR count). The molecule has 0 radical (unpaired) electrons. The monoisotopic (exact) mass is 274 g/mol. The highest BCUT2D eigenvalue weighted by molar-refractivity contribution is 7.98. The first kappa shape index (κ1) is 11.8. The molecule has 0 atom stereocenters. The van der Waals surface area contributed by atoms with E-state index in [4.69, 9.17) is 11.6 Å². The van der Waals surface area contributed by atoms with E-state index >= 15 is 0 Å². The minimum Gasteiger partial charge on any atom is -0.289 e. The quantitative estimate of drug-likeness (QED) is 0.723. The number of rotatable bonds is 1. The molecule has 0 unspecified atom stereocenters. The van der Waals surface area contributed by atoms with Gasteiger partial charge in [-0.05, 0) is 23.3 Å². The molecule has 2 aromatic carbocycles. The van der Waals surface area contributed by atoms with Crippen molar-refractivity contribution in [1.29, 1.82) is 0 Å². The number of alkyl halides is 1. The molecule has 0 saturated carbocycles. The van der Waals surface area contributed by atoms with Crippen molar-refractivity contribution in [2.24, 2.45) is 0 Å². The van der Waals surface area contributed by atoms with Gasteiger partial charge in [0.15, 0.2) is 5.78 Å². The lowest BCUT2D eigenvalue weighted by atomic mass is 9.99. The topological polar surface area (TPSA) is 17.1 Å². The van der Waals surface area contributed by atoms with Gasteiger partial charge in [0, 0.05) is 27.7 Å². The SMILES string of the molecule is O=C1c2ccccc2CSc2cc(CCl)ccc21. The van der Waals surface area contributed by atoms with Crippen LogP contribution in [-0.4, -0.2) is 5.78 Å². The summed E-state index contributed by atoms with van der Waals surface area (Å²) < 4.78 is 0. The molecule has 0 bridgehead atoms. The van der Waals surface area contributed by atoms with Crippen LogP contribution in [-0.2, 0) is 11.6 Å². The van der Waals surface area contributed by atoms with Crippen LogP contribution in [0.3, 0.4) is 0 Å². The highest BCUT2D eigenvalue weighted by atomic mass is 35.5. The van der Waals surface area contributed by atoms with Gasteiger partial charge in [0.1, 0.15) is 0 Å². The van der Waals surface area contributed by atoms with Gasteiger partial charge < -0.3 is 0 Å². The molecule has 0 spiro atoms. The van der Waals surface area contributed by atoms with E-state index in [1.807, 2.05) is 42.5 Å². The predicted molar refractivity (Wildman–Crippen MR) is 75.4 cm³/mol. The fourth-order valence-electron chi connectivity index (χ4n) is 2.13. The molecule has 1 aliphatic heterocycles. The maximum absolute atomic E-state index is 12.5. The zero-order chi connectivity index (χ0) is 12.5. The maximum Gasteiger partial charge on any atom is 0.194 e. The summed E-state index contributed by atoms with van der Waals surface area (Å²) in [7, 11) is 0. The van der Waals surface area contributed by atoms with Crippen LogP contribution in [0.5, 0.6) is 0 Å². The maximum atomic E-state index is 12.5. The van der Waals surface area contributed by atoms with Crippen LogP contribution in [0.4, 0.5) is 0 Å². The van der Waals surface area contributed by atoms with Crippen LogP contribution in [0.15, 0.2) is 47.4 Å². The summed E-state index contributed by atoms with van der Waals surface area (Å²) in [5.41, 5.74) is 3.78. The molecule has 1 heterocycles. The zero-order valence-electron chi connectivity index (χ0n) is 9.65. The summed E-state index contributed by atoms with van der Waals surface area (Å²) >= 11 is 7.55. The number of ketones is 1. The summed E-state index contributed by atoms with van der Waals surface area (Å²) in [6, 6.07) is 13.7. The molecule has 18 heavy (non-hydrogen) atoms. The first-order valence-electron chi connectivity index (χ1n) is 5.74. The van der Waals surface area contributed by atoms with Crippen molar-refractivity contribution in [3.63, 3.8) is 0 Å². The molecular weight excluding hydrogens is 264 g/mol. The van der Waals surface area contributed by atoms with Gasteiger partial charge in [0.2, 0.25) is 0 Å². The van der Waals surface area contributed by atoms with E-state index in [1.165, 1.54) is 0 Å². The van der Waals surface area contributed by atoms with Gasteiger partial charge in [-0.25, -0.2) is 0 Å². The van der Waals surface area contributed by atoms with E-state index in [9.17, 15) is 4.79 Å². The zero-order valence-corrected chi connectivity index (χ0v) is 11.2. The molecule has 0 aliphatic carbocycles. The Balaban J connectivity index is 2.15. The third-order valence-corrected chi connectivity index (χ3v) is 4.50. The average Bonchev–Trinajstić information content (AvgIpc) is 2.57. The first-order chi connectivity index (χ1) is 8.79. The second-order valence-electron chi connectivity index (χ2n) is 4.24. The van der Waals surface area contributed by atoms with Gasteiger partial charge in [-0.2, -0.15) is 0 Å². The molecule has 90 valence electrons. The lowest BCUT2D eigenvalue weighted by molar-refractivity contribution is 0.103. The van der Waals surface area contributed by atoms with E-state index in [1.54, 1.807) is 11.8 Å². The number of thioether (sulfide) groups is 1. The summed E-state index contributed by atoms with van der Waals surface area (Å²) in [5.74, 6) is 1.43. The van der Waals surface area contributed by atoms with Gasteiger partial charge >= 0.3 is 0 Å². The molecule has 0 saturated heterocycles. The number of hydrogen-bond acceptors (Lipinski definition) is 2. The van der Waals surface area contributed by atoms with Crippen LogP contribution in [0.2, 0.25) is 0 Å². The molecule has 0 aromatic heterocycles. The fraction of sp³-hybridized carbons (Fsp3) is 0.133. The number of halogens is 1. The van der Waals surface area contributed by atoms with E-state index in [0.717, 1.165) is 32.9 Å². The van der Waals surface area contributed by atoms with Crippen LogP contribution >= 0.6 is 23.4 Å². The second kappa shape index (κ2) is 4.79. The minimum absolute atomic E-state index is 0.117. The second-order valence-corrected chi connectivity index (χ2v) is 5.52. The number of carbonyl (C=O) groups excluding carboxylic acids is 1. The lowest BCUT2D eigenvalue weighted by Crippen LogP contribution is -2.03. The predicted octanol–water partition coefficient (Wildman–Crippen LogP) is 4.26. The molecule has 3 heteroatoms. The number of carbonyl (C=O) groups is 1. The largest absolute Gasteiger partial charge is 0.289 e. The number of hydrogen-bond donors (Lipinski definition) is 0. The third kappa shape index (κ3) is 1.96. The fourth-order valence-corrected chi connectivity index (χ4v) is 3.41. The lowest BCUT2D eigenvalue weighted by Gasteiger charge is -2.05. The number of fused-ring (bicyclic) bond motifs is 2. The van der Waals surface area contributed by atoms with Crippen LogP contribution in [0.1, 0.15) is 27.0 Å². The molecule has 0 N–H and O–H groups in total. The normalized spacial score (nSPS) is 13.7. The third-order valence-electron chi connectivity index (χ3n) is 3.09. The molecule has 1 aliphatic rings. The van der Waals surface area contributed by atoms with Crippen molar-refractivity contribution in [2.45, 2.75) is 16.5 Å². The standard InChI is InChI=1S/C15H11ClOS/c16-8-10-5-6-13-14(7-10)18-9-11-3-1-2-4-12(11)15(13)17/h1-7H,8-9H2. The molecule has 1 nitrogen and oxygen atoms in total. The molecule has 0 amide bonds. The highest BCUT2D eigenvalue weighted by Crippen LogP contribution is 2.34. The summed E-state index contributed by atoms with van der Waals surface area (Å²) in [5, 5.41) is 0. The van der Waals surface area contributed by atoms with Gasteiger partial charge in [-0.1, -0.05) is 30.3 Å². The Morgan fingerprint density at radius 1 is 1.11 bits per heavy atom. The molecular formula is C15H11ClOS. The van der Waals surface area contributed by atoms with Gasteiger partial charge in [-0.15, -0.1) is 23.4 Å². The summed E-state index contributed by atoms with van der Waals surface area (Å²) in [4.78, 5) is 13.5. The van der Waals surface area contributed by atoms with E-state index < -0.39 is 0 Å². The van der Waals surface area contributed by atoms with Gasteiger partial charge in [-0.3, -0.25) is 4.79 Å². The Kier molecular flexibility index (Phi) is 3.14. The Morgan fingerprint density at radius 2 is 1.94 bits per heavy atom. The Bertz CT molecular complexity index is 622. The van der Waals surface area contributed by atoms with Crippen LogP contribution in [0.25, 0.3) is 0 Å². The smallest absolute Gasteiger partial charge is 0.194 e. The molecule has 2 aromatic rings. The van der Waals surface area contributed by atoms with Crippen molar-refractivity contribution in [3.8, 4) is 0 Å². The van der Waals surface area contributed by atoms with Crippen molar-refractivity contribution >= 4 is 29.1 Å². The van der Waals surface area contributed by atoms with Crippen molar-refractivity contribution in [2.75, 3.05) is 0 Å². The van der Waals surface area contributed by atoms with E-state index in [0.29, 0.717) is 5.88 Å². The Morgan fingerprint density at radius 3 is 2.78 bits per heavy atom. The van der Waals surface area contributed by atoms with Crippen LogP contribution < -0.4 is 0 Å². The highest BCUT2D eigenvalue weighted by Gasteiger charge is 2.21.